The van der Waals surface area contributed by atoms with E-state index in [9.17, 15) is 4.79 Å². The van der Waals surface area contributed by atoms with Crippen LogP contribution in [-0.2, 0) is 11.4 Å². The van der Waals surface area contributed by atoms with Gasteiger partial charge in [0.25, 0.3) is 0 Å². The molecule has 0 aliphatic heterocycles. The minimum absolute atomic E-state index is 0.334. The van der Waals surface area contributed by atoms with Crippen molar-refractivity contribution in [1.82, 2.24) is 0 Å². The molecule has 2 rings (SSSR count). The summed E-state index contributed by atoms with van der Waals surface area (Å²) in [7, 11) is 0. The second kappa shape index (κ2) is 7.16. The molecule has 2 aromatic carbocycles. The predicted octanol–water partition coefficient (Wildman–Crippen LogP) is 4.67. The maximum atomic E-state index is 10.4. The molecule has 2 aromatic rings. The molecule has 0 aliphatic carbocycles. The van der Waals surface area contributed by atoms with Crippen molar-refractivity contribution in [2.45, 2.75) is 6.61 Å². The zero-order valence-corrected chi connectivity index (χ0v) is 12.4. The van der Waals surface area contributed by atoms with Crippen molar-refractivity contribution >= 4 is 35.2 Å². The van der Waals surface area contributed by atoms with E-state index in [1.807, 2.05) is 6.07 Å². The van der Waals surface area contributed by atoms with E-state index in [4.69, 9.17) is 33.0 Å². The van der Waals surface area contributed by atoms with Crippen molar-refractivity contribution in [3.8, 4) is 5.75 Å². The van der Waals surface area contributed by atoms with Crippen LogP contribution in [0.1, 0.15) is 11.1 Å². The first-order valence-electron chi connectivity index (χ1n) is 6.12. The summed E-state index contributed by atoms with van der Waals surface area (Å²) in [6.45, 7) is 0.334. The molecule has 21 heavy (non-hydrogen) atoms. The molecule has 1 N–H and O–H groups in total. The monoisotopic (exact) mass is 322 g/mol. The van der Waals surface area contributed by atoms with Crippen LogP contribution in [0.3, 0.4) is 0 Å². The first-order valence-corrected chi connectivity index (χ1v) is 6.88. The fraction of sp³-hybridized carbons (Fsp3) is 0.0625. The number of carboxylic acids is 1. The lowest BCUT2D eigenvalue weighted by atomic mass is 10.2. The van der Waals surface area contributed by atoms with Crippen LogP contribution in [0.4, 0.5) is 0 Å². The van der Waals surface area contributed by atoms with Crippen LogP contribution in [-0.4, -0.2) is 11.1 Å². The third-order valence-electron chi connectivity index (χ3n) is 2.71. The summed E-state index contributed by atoms with van der Waals surface area (Å²) in [6.07, 6.45) is 2.60. The Bertz CT molecular complexity index is 664. The van der Waals surface area contributed by atoms with Gasteiger partial charge in [-0.25, -0.2) is 4.79 Å². The zero-order valence-electron chi connectivity index (χ0n) is 10.9. The van der Waals surface area contributed by atoms with Crippen LogP contribution in [0.5, 0.6) is 5.75 Å². The van der Waals surface area contributed by atoms with Gasteiger partial charge in [0.15, 0.2) is 0 Å². The Morgan fingerprint density at radius 1 is 1.14 bits per heavy atom. The number of halogens is 2. The Labute approximate surface area is 132 Å². The largest absolute Gasteiger partial charge is 0.489 e. The molecule has 0 atom stereocenters. The van der Waals surface area contributed by atoms with Crippen molar-refractivity contribution in [3.63, 3.8) is 0 Å². The summed E-state index contributed by atoms with van der Waals surface area (Å²) in [6, 6.07) is 12.3. The van der Waals surface area contributed by atoms with Crippen molar-refractivity contribution in [2.24, 2.45) is 0 Å². The molecule has 0 radical (unpaired) electrons. The van der Waals surface area contributed by atoms with Gasteiger partial charge in [-0.05, 0) is 35.9 Å². The Hall–Kier alpha value is -1.97. The van der Waals surface area contributed by atoms with Gasteiger partial charge in [0.1, 0.15) is 12.4 Å². The molecule has 108 valence electrons. The number of benzene rings is 2. The second-order valence-corrected chi connectivity index (χ2v) is 5.11. The highest BCUT2D eigenvalue weighted by Crippen LogP contribution is 2.23. The Morgan fingerprint density at radius 3 is 2.48 bits per heavy atom. The molecule has 0 aliphatic rings. The van der Waals surface area contributed by atoms with Crippen molar-refractivity contribution in [3.05, 3.63) is 69.7 Å². The molecular formula is C16H12Cl2O3. The van der Waals surface area contributed by atoms with Crippen molar-refractivity contribution in [1.29, 1.82) is 0 Å². The third kappa shape index (κ3) is 4.81. The minimum atomic E-state index is -0.979. The van der Waals surface area contributed by atoms with Gasteiger partial charge in [0, 0.05) is 21.7 Å². The zero-order chi connectivity index (χ0) is 15.2. The third-order valence-corrected chi connectivity index (χ3v) is 3.29. The molecule has 5 heteroatoms. The molecule has 0 bridgehead atoms. The first-order chi connectivity index (χ1) is 10.0. The molecule has 0 fully saturated rings. The van der Waals surface area contributed by atoms with Crippen LogP contribution in [0.2, 0.25) is 10.0 Å². The lowest BCUT2D eigenvalue weighted by molar-refractivity contribution is -0.131. The Morgan fingerprint density at radius 2 is 1.86 bits per heavy atom. The standard InChI is InChI=1S/C16H12Cl2O3/c17-13-5-4-12(15(18)9-13)10-21-14-6-1-11(2-7-14)3-8-16(19)20/h1-9H,10H2,(H,19,20)/b8-3+. The highest BCUT2D eigenvalue weighted by molar-refractivity contribution is 6.35. The fourth-order valence-corrected chi connectivity index (χ4v) is 2.11. The average molecular weight is 323 g/mol. The van der Waals surface area contributed by atoms with Gasteiger partial charge in [0.2, 0.25) is 0 Å². The quantitative estimate of drug-likeness (QED) is 0.813. The number of hydrogen-bond acceptors (Lipinski definition) is 2. The van der Waals surface area contributed by atoms with Crippen LogP contribution in [0.25, 0.3) is 6.08 Å². The highest BCUT2D eigenvalue weighted by Gasteiger charge is 2.02. The number of rotatable bonds is 5. The van der Waals surface area contributed by atoms with E-state index >= 15 is 0 Å². The van der Waals surface area contributed by atoms with E-state index in [-0.39, 0.29) is 0 Å². The Kier molecular flexibility index (Phi) is 5.26. The van der Waals surface area contributed by atoms with E-state index in [1.165, 1.54) is 6.08 Å². The number of ether oxygens (including phenoxy) is 1. The van der Waals surface area contributed by atoms with Gasteiger partial charge in [-0.3, -0.25) is 0 Å². The maximum Gasteiger partial charge on any atom is 0.328 e. The summed E-state index contributed by atoms with van der Waals surface area (Å²) in [5.74, 6) is -0.304. The van der Waals surface area contributed by atoms with Gasteiger partial charge in [-0.1, -0.05) is 41.4 Å². The molecule has 0 saturated carbocycles. The molecular weight excluding hydrogens is 311 g/mol. The smallest absolute Gasteiger partial charge is 0.328 e. The van der Waals surface area contributed by atoms with Gasteiger partial charge in [0.05, 0.1) is 0 Å². The van der Waals surface area contributed by atoms with Crippen molar-refractivity contribution < 1.29 is 14.6 Å². The topological polar surface area (TPSA) is 46.5 Å². The van der Waals surface area contributed by atoms with Crippen LogP contribution >= 0.6 is 23.2 Å². The summed E-state index contributed by atoms with van der Waals surface area (Å²) in [4.78, 5) is 10.4. The van der Waals surface area contributed by atoms with Crippen LogP contribution < -0.4 is 4.74 Å². The lowest BCUT2D eigenvalue weighted by Crippen LogP contribution is -1.96. The number of carboxylic acid groups (broad SMARTS) is 1. The lowest BCUT2D eigenvalue weighted by Gasteiger charge is -2.08. The van der Waals surface area contributed by atoms with Crippen molar-refractivity contribution in [2.75, 3.05) is 0 Å². The molecule has 0 aromatic heterocycles. The van der Waals surface area contributed by atoms with E-state index in [0.29, 0.717) is 22.4 Å². The molecule has 0 saturated heterocycles. The van der Waals surface area contributed by atoms with Crippen LogP contribution in [0.15, 0.2) is 48.5 Å². The maximum absolute atomic E-state index is 10.4. The van der Waals surface area contributed by atoms with Crippen LogP contribution in [0, 0.1) is 0 Å². The van der Waals surface area contributed by atoms with Gasteiger partial charge in [-0.2, -0.15) is 0 Å². The summed E-state index contributed by atoms with van der Waals surface area (Å²) < 4.78 is 5.63. The average Bonchev–Trinajstić information content (AvgIpc) is 2.45. The normalized spacial score (nSPS) is 10.8. The van der Waals surface area contributed by atoms with Gasteiger partial charge >= 0.3 is 5.97 Å². The molecule has 0 amide bonds. The van der Waals surface area contributed by atoms with E-state index < -0.39 is 5.97 Å². The SMILES string of the molecule is O=C(O)/C=C/c1ccc(OCc2ccc(Cl)cc2Cl)cc1. The first kappa shape index (κ1) is 15.4. The van der Waals surface area contributed by atoms with E-state index in [2.05, 4.69) is 0 Å². The summed E-state index contributed by atoms with van der Waals surface area (Å²) in [5, 5.41) is 9.69. The van der Waals surface area contributed by atoms with Gasteiger partial charge < -0.3 is 9.84 Å². The Balaban J connectivity index is 1.99. The van der Waals surface area contributed by atoms with E-state index in [0.717, 1.165) is 17.2 Å². The number of carbonyl (C=O) groups is 1. The summed E-state index contributed by atoms with van der Waals surface area (Å²) in [5.41, 5.74) is 1.63. The second-order valence-electron chi connectivity index (χ2n) is 4.27. The molecule has 0 heterocycles. The van der Waals surface area contributed by atoms with Gasteiger partial charge in [-0.15, -0.1) is 0 Å². The predicted molar refractivity (Wildman–Crippen MR) is 83.9 cm³/mol. The molecule has 3 nitrogen and oxygen atoms in total. The summed E-state index contributed by atoms with van der Waals surface area (Å²) >= 11 is 11.9. The molecule has 0 unspecified atom stereocenters. The number of aliphatic carboxylic acids is 1. The minimum Gasteiger partial charge on any atom is -0.489 e. The molecule has 0 spiro atoms. The van der Waals surface area contributed by atoms with E-state index in [1.54, 1.807) is 36.4 Å². The highest BCUT2D eigenvalue weighted by atomic mass is 35.5. The number of hydrogen-bond donors (Lipinski definition) is 1. The fourth-order valence-electron chi connectivity index (χ4n) is 1.64.